The molecule has 0 aliphatic carbocycles. The molecule has 0 saturated carbocycles. The van der Waals surface area contributed by atoms with Gasteiger partial charge in [-0.2, -0.15) is 0 Å². The Morgan fingerprint density at radius 1 is 0.968 bits per heavy atom. The van der Waals surface area contributed by atoms with Crippen LogP contribution in [0.4, 0.5) is 10.1 Å². The summed E-state index contributed by atoms with van der Waals surface area (Å²) in [6, 6.07) is 18.5. The number of benzene rings is 3. The third-order valence-corrected chi connectivity index (χ3v) is 5.80. The van der Waals surface area contributed by atoms with Crippen molar-refractivity contribution in [2.45, 2.75) is 13.3 Å². The molecule has 0 radical (unpaired) electrons. The van der Waals surface area contributed by atoms with E-state index in [0.717, 1.165) is 16.5 Å². The average Bonchev–Trinajstić information content (AvgIpc) is 2.80. The molecule has 1 N–H and O–H groups in total. The Balaban J connectivity index is 1.26. The van der Waals surface area contributed by atoms with Crippen molar-refractivity contribution in [1.82, 2.24) is 9.80 Å². The predicted molar refractivity (Wildman–Crippen MR) is 121 cm³/mol. The zero-order valence-electron chi connectivity index (χ0n) is 17.6. The summed E-state index contributed by atoms with van der Waals surface area (Å²) in [7, 11) is 0. The minimum Gasteiger partial charge on any atom is -0.336 e. The summed E-state index contributed by atoms with van der Waals surface area (Å²) < 4.78 is 13.8. The summed E-state index contributed by atoms with van der Waals surface area (Å²) in [6.07, 6.45) is 0.389. The molecule has 5 nitrogen and oxygen atoms in total. The highest BCUT2D eigenvalue weighted by molar-refractivity contribution is 6.02. The van der Waals surface area contributed by atoms with Gasteiger partial charge < -0.3 is 10.2 Å². The van der Waals surface area contributed by atoms with Gasteiger partial charge in [0.1, 0.15) is 5.82 Å². The van der Waals surface area contributed by atoms with Crippen molar-refractivity contribution in [3.63, 3.8) is 0 Å². The Kier molecular flexibility index (Phi) is 6.28. The third-order valence-electron chi connectivity index (χ3n) is 5.80. The fourth-order valence-electron chi connectivity index (χ4n) is 3.89. The van der Waals surface area contributed by atoms with E-state index in [4.69, 9.17) is 0 Å². The SMILES string of the molecule is Cc1ccc(C(=O)N2CCN(CCC(=O)Nc3cccc4ccccc34)CC2)cc1F. The number of carbonyl (C=O) groups is 2. The van der Waals surface area contributed by atoms with Crippen LogP contribution in [-0.4, -0.2) is 54.3 Å². The number of amides is 2. The lowest BCUT2D eigenvalue weighted by Gasteiger charge is -2.34. The number of aryl methyl sites for hydroxylation is 1. The lowest BCUT2D eigenvalue weighted by Crippen LogP contribution is -2.49. The molecule has 31 heavy (non-hydrogen) atoms. The van der Waals surface area contributed by atoms with E-state index in [1.807, 2.05) is 42.5 Å². The number of hydrogen-bond acceptors (Lipinski definition) is 3. The largest absolute Gasteiger partial charge is 0.336 e. The number of fused-ring (bicyclic) bond motifs is 1. The van der Waals surface area contributed by atoms with Crippen molar-refractivity contribution in [3.8, 4) is 0 Å². The molecule has 1 fully saturated rings. The second-order valence-corrected chi connectivity index (χ2v) is 7.92. The normalized spacial score (nSPS) is 14.6. The van der Waals surface area contributed by atoms with Crippen molar-refractivity contribution in [2.24, 2.45) is 0 Å². The number of anilines is 1. The van der Waals surface area contributed by atoms with Gasteiger partial charge in [-0.25, -0.2) is 4.39 Å². The quantitative estimate of drug-likeness (QED) is 0.678. The van der Waals surface area contributed by atoms with Crippen LogP contribution in [0.2, 0.25) is 0 Å². The number of nitrogens with one attached hydrogen (secondary N) is 1. The molecule has 0 unspecified atom stereocenters. The van der Waals surface area contributed by atoms with Gasteiger partial charge in [0.25, 0.3) is 5.91 Å². The molecule has 0 atom stereocenters. The molecule has 3 aromatic rings. The lowest BCUT2D eigenvalue weighted by molar-refractivity contribution is -0.116. The summed E-state index contributed by atoms with van der Waals surface area (Å²) in [5, 5.41) is 5.14. The average molecular weight is 420 g/mol. The first-order valence-corrected chi connectivity index (χ1v) is 10.6. The lowest BCUT2D eigenvalue weighted by atomic mass is 10.1. The van der Waals surface area contributed by atoms with Crippen molar-refractivity contribution in [2.75, 3.05) is 38.0 Å². The van der Waals surface area contributed by atoms with Gasteiger partial charge in [-0.1, -0.05) is 42.5 Å². The molecule has 160 valence electrons. The van der Waals surface area contributed by atoms with Crippen LogP contribution in [0, 0.1) is 12.7 Å². The van der Waals surface area contributed by atoms with Crippen LogP contribution in [0.5, 0.6) is 0 Å². The van der Waals surface area contributed by atoms with E-state index < -0.39 is 0 Å². The van der Waals surface area contributed by atoms with Gasteiger partial charge in [0.05, 0.1) is 0 Å². The second kappa shape index (κ2) is 9.27. The van der Waals surface area contributed by atoms with Crippen molar-refractivity contribution in [1.29, 1.82) is 0 Å². The van der Waals surface area contributed by atoms with E-state index in [1.165, 1.54) is 6.07 Å². The Morgan fingerprint density at radius 2 is 1.71 bits per heavy atom. The first-order valence-electron chi connectivity index (χ1n) is 10.6. The third kappa shape index (κ3) is 4.91. The highest BCUT2D eigenvalue weighted by Gasteiger charge is 2.23. The summed E-state index contributed by atoms with van der Waals surface area (Å²) in [6.45, 7) is 4.85. The monoisotopic (exact) mass is 419 g/mol. The Labute approximate surface area is 181 Å². The van der Waals surface area contributed by atoms with E-state index in [9.17, 15) is 14.0 Å². The molecule has 1 saturated heterocycles. The topological polar surface area (TPSA) is 52.7 Å². The maximum absolute atomic E-state index is 13.8. The molecular weight excluding hydrogens is 393 g/mol. The van der Waals surface area contributed by atoms with Crippen molar-refractivity contribution < 1.29 is 14.0 Å². The highest BCUT2D eigenvalue weighted by Crippen LogP contribution is 2.23. The molecule has 6 heteroatoms. The predicted octanol–water partition coefficient (Wildman–Crippen LogP) is 4.07. The van der Waals surface area contributed by atoms with Gasteiger partial charge in [-0.3, -0.25) is 14.5 Å². The Morgan fingerprint density at radius 3 is 2.48 bits per heavy atom. The van der Waals surface area contributed by atoms with Crippen LogP contribution < -0.4 is 5.32 Å². The molecule has 1 aliphatic rings. The summed E-state index contributed by atoms with van der Waals surface area (Å²) in [5.74, 6) is -0.529. The van der Waals surface area contributed by atoms with Gasteiger partial charge in [0, 0.05) is 55.8 Å². The van der Waals surface area contributed by atoms with E-state index in [2.05, 4.69) is 10.2 Å². The Bertz CT molecular complexity index is 1100. The molecule has 0 bridgehead atoms. The second-order valence-electron chi connectivity index (χ2n) is 7.92. The molecule has 2 amide bonds. The van der Waals surface area contributed by atoms with Crippen LogP contribution >= 0.6 is 0 Å². The number of rotatable bonds is 5. The summed E-state index contributed by atoms with van der Waals surface area (Å²) >= 11 is 0. The van der Waals surface area contributed by atoms with Gasteiger partial charge in [-0.15, -0.1) is 0 Å². The molecule has 1 heterocycles. The molecule has 3 aromatic carbocycles. The van der Waals surface area contributed by atoms with Crippen LogP contribution in [0.25, 0.3) is 10.8 Å². The van der Waals surface area contributed by atoms with Crippen molar-refractivity contribution >= 4 is 28.3 Å². The molecule has 4 rings (SSSR count). The van der Waals surface area contributed by atoms with E-state index in [0.29, 0.717) is 50.3 Å². The van der Waals surface area contributed by atoms with Crippen molar-refractivity contribution in [3.05, 3.63) is 77.6 Å². The van der Waals surface area contributed by atoms with Gasteiger partial charge in [-0.05, 0) is 36.1 Å². The minimum atomic E-state index is -0.360. The molecule has 0 aromatic heterocycles. The zero-order valence-corrected chi connectivity index (χ0v) is 17.6. The highest BCUT2D eigenvalue weighted by atomic mass is 19.1. The van der Waals surface area contributed by atoms with E-state index >= 15 is 0 Å². The van der Waals surface area contributed by atoms with Gasteiger partial charge in [0.15, 0.2) is 0 Å². The van der Waals surface area contributed by atoms with Crippen LogP contribution in [0.15, 0.2) is 60.7 Å². The smallest absolute Gasteiger partial charge is 0.254 e. The summed E-state index contributed by atoms with van der Waals surface area (Å²) in [4.78, 5) is 29.0. The minimum absolute atomic E-state index is 0.0232. The maximum Gasteiger partial charge on any atom is 0.254 e. The zero-order chi connectivity index (χ0) is 21.8. The van der Waals surface area contributed by atoms with E-state index in [1.54, 1.807) is 24.0 Å². The number of nitrogens with zero attached hydrogens (tertiary/aromatic N) is 2. The number of halogens is 1. The van der Waals surface area contributed by atoms with Crippen LogP contribution in [-0.2, 0) is 4.79 Å². The Hall–Kier alpha value is -3.25. The first kappa shape index (κ1) is 21.0. The first-order chi connectivity index (χ1) is 15.0. The molecule has 0 spiro atoms. The number of carbonyl (C=O) groups excluding carboxylic acids is 2. The summed E-state index contributed by atoms with van der Waals surface area (Å²) in [5.41, 5.74) is 1.73. The van der Waals surface area contributed by atoms with Crippen LogP contribution in [0.3, 0.4) is 0 Å². The maximum atomic E-state index is 13.8. The molecule has 1 aliphatic heterocycles. The van der Waals surface area contributed by atoms with Gasteiger partial charge >= 0.3 is 0 Å². The van der Waals surface area contributed by atoms with Gasteiger partial charge in [0.2, 0.25) is 5.91 Å². The number of piperazine rings is 1. The molecular formula is C25H26FN3O2. The fraction of sp³-hybridized carbons (Fsp3) is 0.280. The number of hydrogen-bond donors (Lipinski definition) is 1. The van der Waals surface area contributed by atoms with Crippen LogP contribution in [0.1, 0.15) is 22.3 Å². The fourth-order valence-corrected chi connectivity index (χ4v) is 3.89. The van der Waals surface area contributed by atoms with E-state index in [-0.39, 0.29) is 17.6 Å². The standard InChI is InChI=1S/C25H26FN3O2/c1-18-9-10-20(17-22(18)26)25(31)29-15-13-28(14-16-29)12-11-24(30)27-23-8-4-6-19-5-2-3-7-21(19)23/h2-10,17H,11-16H2,1H3,(H,27,30).